The lowest BCUT2D eigenvalue weighted by atomic mass is 9.80. The molecule has 1 saturated heterocycles. The first-order chi connectivity index (χ1) is 30.9. The lowest BCUT2D eigenvalue weighted by molar-refractivity contribution is -0.0952. The molecule has 3 aromatic carbocycles. The van der Waals surface area contributed by atoms with E-state index in [0.29, 0.717) is 11.5 Å². The van der Waals surface area contributed by atoms with Crippen LogP contribution in [-0.2, 0) is 28.9 Å². The summed E-state index contributed by atoms with van der Waals surface area (Å²) in [5, 5.41) is 19.2. The van der Waals surface area contributed by atoms with Gasteiger partial charge in [0.1, 0.15) is 35.4 Å². The smallest absolute Gasteiger partial charge is 0.280 e. The summed E-state index contributed by atoms with van der Waals surface area (Å²) in [5.41, 5.74) is 0.990. The average Bonchev–Trinajstić information content (AvgIpc) is 3.87. The first-order valence-corrected chi connectivity index (χ1v) is 22.1. The van der Waals surface area contributed by atoms with Crippen molar-refractivity contribution in [2.24, 2.45) is 4.99 Å². The number of methoxy groups -OCH3 is 2. The van der Waals surface area contributed by atoms with Gasteiger partial charge < -0.3 is 37.6 Å². The number of imidazole rings is 1. The van der Waals surface area contributed by atoms with Crippen LogP contribution in [-0.4, -0.2) is 114 Å². The van der Waals surface area contributed by atoms with E-state index in [1.165, 1.54) is 12.7 Å². The molecule has 1 aliphatic heterocycles. The number of nitrogens with one attached hydrogen (secondary N) is 1. The van der Waals surface area contributed by atoms with Crippen molar-refractivity contribution >= 4 is 32.0 Å². The minimum atomic E-state index is -1.86. The van der Waals surface area contributed by atoms with Gasteiger partial charge in [0.25, 0.3) is 14.1 Å². The summed E-state index contributed by atoms with van der Waals surface area (Å²) in [6.07, 6.45) is -0.500. The van der Waals surface area contributed by atoms with Gasteiger partial charge in [0.05, 0.1) is 71.7 Å². The number of rotatable bonds is 22. The van der Waals surface area contributed by atoms with Gasteiger partial charge in [0.15, 0.2) is 17.4 Å². The van der Waals surface area contributed by atoms with Crippen molar-refractivity contribution in [3.8, 4) is 23.6 Å². The molecule has 1 unspecified atom stereocenters. The Kier molecular flexibility index (Phi) is 16.6. The molecule has 18 heteroatoms. The maximum Gasteiger partial charge on any atom is 0.280 e. The predicted molar refractivity (Wildman–Crippen MR) is 242 cm³/mol. The van der Waals surface area contributed by atoms with Crippen molar-refractivity contribution in [2.75, 3.05) is 48.1 Å². The van der Waals surface area contributed by atoms with E-state index in [-0.39, 0.29) is 61.9 Å². The number of aromatic amines is 1. The van der Waals surface area contributed by atoms with Gasteiger partial charge in [-0.3, -0.25) is 14.3 Å². The van der Waals surface area contributed by atoms with Crippen LogP contribution >= 0.6 is 8.53 Å². The minimum Gasteiger partial charge on any atom is -0.497 e. The second-order valence-corrected chi connectivity index (χ2v) is 17.1. The zero-order valence-corrected chi connectivity index (χ0v) is 38.3. The predicted octanol–water partition coefficient (Wildman–Crippen LogP) is 7.22. The van der Waals surface area contributed by atoms with E-state index in [0.717, 1.165) is 16.7 Å². The van der Waals surface area contributed by atoms with Crippen LogP contribution in [0.4, 0.5) is 5.95 Å². The van der Waals surface area contributed by atoms with Crippen LogP contribution < -0.4 is 15.0 Å². The van der Waals surface area contributed by atoms with E-state index >= 15 is 0 Å². The molecule has 0 bridgehead atoms. The van der Waals surface area contributed by atoms with Crippen LogP contribution in [0, 0.1) is 22.7 Å². The molecule has 338 valence electrons. The maximum atomic E-state index is 13.4. The molecule has 0 amide bonds. The van der Waals surface area contributed by atoms with Crippen LogP contribution in [0.2, 0.25) is 0 Å². The van der Waals surface area contributed by atoms with Gasteiger partial charge in [-0.2, -0.15) is 15.5 Å². The molecule has 64 heavy (non-hydrogen) atoms. The highest BCUT2D eigenvalue weighted by Gasteiger charge is 2.52. The molecule has 1 fully saturated rings. The molecule has 17 nitrogen and oxygen atoms in total. The Morgan fingerprint density at radius 1 is 0.891 bits per heavy atom. The van der Waals surface area contributed by atoms with E-state index in [1.807, 2.05) is 78.9 Å². The van der Waals surface area contributed by atoms with E-state index in [4.69, 9.17) is 37.7 Å². The number of fused-ring (bicyclic) bond motifs is 1. The van der Waals surface area contributed by atoms with Gasteiger partial charge in [0.2, 0.25) is 5.95 Å². The number of aliphatic imine (C=N–C) groups is 1. The maximum absolute atomic E-state index is 13.4. The zero-order chi connectivity index (χ0) is 45.8. The summed E-state index contributed by atoms with van der Waals surface area (Å²) in [7, 11) is 4.99. The molecular weight excluding hydrogens is 838 g/mol. The van der Waals surface area contributed by atoms with Crippen molar-refractivity contribution in [1.82, 2.24) is 29.1 Å². The van der Waals surface area contributed by atoms with E-state index in [2.05, 4.69) is 59.5 Å². The fourth-order valence-corrected chi connectivity index (χ4v) is 9.39. The van der Waals surface area contributed by atoms with E-state index < -0.39 is 44.2 Å². The summed E-state index contributed by atoms with van der Waals surface area (Å²) in [6.45, 7) is 8.29. The van der Waals surface area contributed by atoms with Gasteiger partial charge in [-0.25, -0.2) is 14.6 Å². The van der Waals surface area contributed by atoms with Crippen molar-refractivity contribution in [2.45, 2.75) is 82.8 Å². The van der Waals surface area contributed by atoms with Gasteiger partial charge in [-0.1, -0.05) is 54.6 Å². The van der Waals surface area contributed by atoms with Crippen LogP contribution in [0.1, 0.15) is 63.5 Å². The molecule has 0 spiro atoms. The third kappa shape index (κ3) is 10.8. The number of nitriles is 2. The standard InChI is InChI=1S/C46H56N9O8P/c1-31(2)55(32(3)4)64(61-27-13-25-48)63-40-38(62-44(41(40)59-26-12-24-47)54-30-49-39-42(54)51-45(52-43(39)56)50-29-53(5)6)28-60-46(33-14-10-9-11-15-33,34-16-20-36(57-7)21-17-34)35-18-22-37(58-8)23-19-35/h9-11,14-23,29-32,38,40-41,44H,12-13,26-28H2,1-8H3,(H,51,52,56)/b50-29+/t38-,40-,41-,44-,64?/m1/s1. The molecule has 3 heterocycles. The highest BCUT2D eigenvalue weighted by molar-refractivity contribution is 7.44. The molecular formula is C46H56N9O8P. The SMILES string of the molecule is COc1ccc(C(OC[C@H]2O[C@@H](n3cnc4c(=O)[nH]c(/N=C/N(C)C)nc43)[C@H](OCCC#N)[C@@H]2OP(OCCC#N)N(C(C)C)C(C)C)(c2ccccc2)c2ccc(OC)cc2)cc1. The first kappa shape index (κ1) is 47.7. The van der Waals surface area contributed by atoms with Crippen LogP contribution in [0.25, 0.3) is 11.2 Å². The number of nitrogens with zero attached hydrogens (tertiary/aromatic N) is 8. The topological polar surface area (TPSA) is 195 Å². The van der Waals surface area contributed by atoms with E-state index in [1.54, 1.807) is 37.8 Å². The average molecular weight is 894 g/mol. The second-order valence-electron chi connectivity index (χ2n) is 15.7. The van der Waals surface area contributed by atoms with Gasteiger partial charge >= 0.3 is 0 Å². The lowest BCUT2D eigenvalue weighted by Crippen LogP contribution is -2.43. The third-order valence-electron chi connectivity index (χ3n) is 10.4. The highest BCUT2D eigenvalue weighted by atomic mass is 31.2. The third-order valence-corrected chi connectivity index (χ3v) is 12.6. The number of hydrogen-bond acceptors (Lipinski definition) is 14. The summed E-state index contributed by atoms with van der Waals surface area (Å²) in [6, 6.07) is 29.6. The first-order valence-electron chi connectivity index (χ1n) is 21.0. The van der Waals surface area contributed by atoms with Crippen molar-refractivity contribution < 1.29 is 32.7 Å². The van der Waals surface area contributed by atoms with E-state index in [9.17, 15) is 15.3 Å². The molecule has 1 N–H and O–H groups in total. The van der Waals surface area contributed by atoms with Gasteiger partial charge in [-0.05, 0) is 68.7 Å². The quantitative estimate of drug-likeness (QED) is 0.0240. The molecule has 0 aliphatic carbocycles. The number of hydrogen-bond donors (Lipinski definition) is 1. The molecule has 1 aliphatic rings. The van der Waals surface area contributed by atoms with Crippen LogP contribution in [0.5, 0.6) is 11.5 Å². The Morgan fingerprint density at radius 3 is 2.05 bits per heavy atom. The molecule has 6 rings (SSSR count). The Balaban J connectivity index is 1.54. The van der Waals surface area contributed by atoms with Crippen LogP contribution in [0.3, 0.4) is 0 Å². The van der Waals surface area contributed by atoms with Crippen molar-refractivity contribution in [3.63, 3.8) is 0 Å². The normalized spacial score (nSPS) is 18.2. The molecule has 0 radical (unpaired) electrons. The monoisotopic (exact) mass is 893 g/mol. The van der Waals surface area contributed by atoms with Crippen LogP contribution in [0.15, 0.2) is 95.0 Å². The lowest BCUT2D eigenvalue weighted by Gasteiger charge is -2.39. The van der Waals surface area contributed by atoms with Gasteiger partial charge in [-0.15, -0.1) is 0 Å². The Bertz CT molecular complexity index is 2380. The summed E-state index contributed by atoms with van der Waals surface area (Å²) < 4.78 is 49.6. The summed E-state index contributed by atoms with van der Waals surface area (Å²) in [4.78, 5) is 31.3. The fourth-order valence-electron chi connectivity index (χ4n) is 7.62. The molecule has 0 saturated carbocycles. The summed E-state index contributed by atoms with van der Waals surface area (Å²) in [5.74, 6) is 1.41. The van der Waals surface area contributed by atoms with Crippen molar-refractivity contribution in [3.05, 3.63) is 112 Å². The Morgan fingerprint density at radius 2 is 1.48 bits per heavy atom. The zero-order valence-electron chi connectivity index (χ0n) is 37.5. The highest BCUT2D eigenvalue weighted by Crippen LogP contribution is 2.51. The van der Waals surface area contributed by atoms with Crippen molar-refractivity contribution in [1.29, 1.82) is 10.5 Å². The second kappa shape index (κ2) is 22.2. The number of ether oxygens (including phenoxy) is 5. The molecule has 5 aromatic rings. The molecule has 2 aromatic heterocycles. The Hall–Kier alpha value is -5.75. The molecule has 5 atom stereocenters. The summed E-state index contributed by atoms with van der Waals surface area (Å²) >= 11 is 0. The fraction of sp³-hybridized carbons (Fsp3) is 0.435. The largest absolute Gasteiger partial charge is 0.497 e. The minimum absolute atomic E-state index is 0.0236. The van der Waals surface area contributed by atoms with Gasteiger partial charge in [0, 0.05) is 26.2 Å². The number of H-pyrrole nitrogens is 1. The Labute approximate surface area is 375 Å². The number of benzene rings is 3. The number of aromatic nitrogens is 4.